The number of ether oxygens (including phenoxy) is 1. The number of rotatable bonds is 4. The molecule has 6 nitrogen and oxygen atoms in total. The van der Waals surface area contributed by atoms with Gasteiger partial charge in [0.15, 0.2) is 3.95 Å². The van der Waals surface area contributed by atoms with Crippen molar-refractivity contribution >= 4 is 58.7 Å². The molecular formula is C21H17N3O3S2. The summed E-state index contributed by atoms with van der Waals surface area (Å²) in [5, 5.41) is 13.5. The topological polar surface area (TPSA) is 75.8 Å². The lowest BCUT2D eigenvalue weighted by atomic mass is 10.1. The summed E-state index contributed by atoms with van der Waals surface area (Å²) in [6.45, 7) is 1.45. The van der Waals surface area contributed by atoms with Crippen molar-refractivity contribution in [3.63, 3.8) is 0 Å². The van der Waals surface area contributed by atoms with Crippen LogP contribution in [0.15, 0.2) is 47.5 Å². The van der Waals surface area contributed by atoms with Gasteiger partial charge in [-0.1, -0.05) is 0 Å². The van der Waals surface area contributed by atoms with E-state index in [0.717, 1.165) is 22.6 Å². The number of hydrogen-bond acceptors (Lipinski definition) is 6. The van der Waals surface area contributed by atoms with Crippen LogP contribution in [0.4, 0.5) is 11.4 Å². The number of nitrogens with one attached hydrogen (secondary N) is 1. The number of fused-ring (bicyclic) bond motifs is 1. The molecule has 0 saturated carbocycles. The molecule has 1 aliphatic rings. The Hall–Kier alpha value is -3.23. The molecule has 2 N–H and O–H groups in total. The van der Waals surface area contributed by atoms with Crippen LogP contribution in [0.1, 0.15) is 17.4 Å². The summed E-state index contributed by atoms with van der Waals surface area (Å²) in [5.74, 6) is 0.662. The first-order valence-corrected chi connectivity index (χ1v) is 9.96. The average molecular weight is 424 g/mol. The maximum atomic E-state index is 11.2. The second-order valence-electron chi connectivity index (χ2n) is 6.36. The molecule has 0 aliphatic carbocycles. The second-order valence-corrected chi connectivity index (χ2v) is 8.04. The van der Waals surface area contributed by atoms with E-state index in [9.17, 15) is 9.90 Å². The second kappa shape index (κ2) is 7.65. The molecule has 1 aromatic heterocycles. The van der Waals surface area contributed by atoms with Crippen LogP contribution in [-0.2, 0) is 4.79 Å². The highest BCUT2D eigenvalue weighted by Gasteiger charge is 2.17. The van der Waals surface area contributed by atoms with Crippen LogP contribution < -0.4 is 10.1 Å². The van der Waals surface area contributed by atoms with E-state index in [0.29, 0.717) is 20.2 Å². The molecule has 4 rings (SSSR count). The highest BCUT2D eigenvalue weighted by atomic mass is 32.1. The van der Waals surface area contributed by atoms with Gasteiger partial charge in [0.1, 0.15) is 5.75 Å². The number of amides is 1. The van der Waals surface area contributed by atoms with Crippen LogP contribution in [-0.4, -0.2) is 28.9 Å². The SMILES string of the molecule is COc1ccc2c(c1)C(=Cc1sc(=S)n(-c3ccc(NC(C)=O)cc3)c1O)C=N2. The number of aliphatic imine (C=N–C) groups is 1. The maximum absolute atomic E-state index is 11.2. The number of nitrogens with zero attached hydrogens (tertiary/aromatic N) is 2. The average Bonchev–Trinajstić information content (AvgIpc) is 3.22. The van der Waals surface area contributed by atoms with Crippen LogP contribution in [0, 0.1) is 3.95 Å². The highest BCUT2D eigenvalue weighted by molar-refractivity contribution is 7.73. The van der Waals surface area contributed by atoms with Gasteiger partial charge >= 0.3 is 0 Å². The summed E-state index contributed by atoms with van der Waals surface area (Å²) in [4.78, 5) is 16.2. The molecule has 0 atom stereocenters. The number of methoxy groups -OCH3 is 1. The monoisotopic (exact) mass is 423 g/mol. The molecule has 29 heavy (non-hydrogen) atoms. The zero-order valence-corrected chi connectivity index (χ0v) is 17.3. The molecule has 3 aromatic rings. The number of hydrogen-bond donors (Lipinski definition) is 2. The zero-order chi connectivity index (χ0) is 20.5. The lowest BCUT2D eigenvalue weighted by molar-refractivity contribution is -0.114. The number of carbonyl (C=O) groups is 1. The fourth-order valence-corrected chi connectivity index (χ4v) is 4.35. The van der Waals surface area contributed by atoms with E-state index in [-0.39, 0.29) is 11.8 Å². The number of allylic oxidation sites excluding steroid dienone is 1. The van der Waals surface area contributed by atoms with Gasteiger partial charge in [0.05, 0.1) is 23.4 Å². The van der Waals surface area contributed by atoms with Crippen molar-refractivity contribution in [3.8, 4) is 17.3 Å². The van der Waals surface area contributed by atoms with E-state index in [1.165, 1.54) is 18.3 Å². The third-order valence-electron chi connectivity index (χ3n) is 4.40. The number of anilines is 1. The molecule has 1 aliphatic heterocycles. The van der Waals surface area contributed by atoms with Gasteiger partial charge in [-0.15, -0.1) is 11.3 Å². The summed E-state index contributed by atoms with van der Waals surface area (Å²) >= 11 is 6.78. The largest absolute Gasteiger partial charge is 0.497 e. The Morgan fingerprint density at radius 2 is 2.03 bits per heavy atom. The normalized spacial score (nSPS) is 13.5. The van der Waals surface area contributed by atoms with Crippen LogP contribution in [0.3, 0.4) is 0 Å². The number of thiazole rings is 1. The smallest absolute Gasteiger partial charge is 0.221 e. The first kappa shape index (κ1) is 19.1. The fraction of sp³-hybridized carbons (Fsp3) is 0.0952. The highest BCUT2D eigenvalue weighted by Crippen LogP contribution is 2.38. The molecule has 0 saturated heterocycles. The predicted molar refractivity (Wildman–Crippen MR) is 119 cm³/mol. The number of aromatic hydroxyl groups is 1. The Kier molecular flexibility index (Phi) is 5.04. The van der Waals surface area contributed by atoms with Crippen LogP contribution in [0.2, 0.25) is 0 Å². The molecule has 0 fully saturated rings. The first-order valence-electron chi connectivity index (χ1n) is 8.73. The summed E-state index contributed by atoms with van der Waals surface area (Å²) in [7, 11) is 1.62. The standard InChI is InChI=1S/C21H17N3O3S2/c1-12(25)23-14-3-5-15(6-4-14)24-20(26)19(29-21(24)28)9-13-11-22-18-8-7-16(27-2)10-17(13)18/h3-11,26H,1-2H3,(H,23,25). The number of carbonyl (C=O) groups excluding carboxylic acids is 1. The van der Waals surface area contributed by atoms with Gasteiger partial charge in [-0.2, -0.15) is 0 Å². The Labute approximate surface area is 176 Å². The Morgan fingerprint density at radius 1 is 1.28 bits per heavy atom. The third-order valence-corrected chi connectivity index (χ3v) is 5.71. The first-order chi connectivity index (χ1) is 14.0. The summed E-state index contributed by atoms with van der Waals surface area (Å²) in [6, 6.07) is 12.8. The van der Waals surface area contributed by atoms with Crippen molar-refractivity contribution in [2.45, 2.75) is 6.92 Å². The van der Waals surface area contributed by atoms with E-state index in [1.54, 1.807) is 42.2 Å². The van der Waals surface area contributed by atoms with Crippen molar-refractivity contribution in [2.24, 2.45) is 4.99 Å². The molecule has 146 valence electrons. The summed E-state index contributed by atoms with van der Waals surface area (Å²) in [6.07, 6.45) is 3.63. The van der Waals surface area contributed by atoms with Crippen molar-refractivity contribution in [3.05, 3.63) is 56.9 Å². The lowest BCUT2D eigenvalue weighted by Gasteiger charge is -2.07. The van der Waals surface area contributed by atoms with Gasteiger partial charge in [-0.25, -0.2) is 0 Å². The Morgan fingerprint density at radius 3 is 2.72 bits per heavy atom. The summed E-state index contributed by atoms with van der Waals surface area (Å²) < 4.78 is 7.42. The van der Waals surface area contributed by atoms with Crippen molar-refractivity contribution in [1.82, 2.24) is 4.57 Å². The van der Waals surface area contributed by atoms with E-state index < -0.39 is 0 Å². The van der Waals surface area contributed by atoms with Gasteiger partial charge in [-0.3, -0.25) is 14.4 Å². The van der Waals surface area contributed by atoms with Crippen molar-refractivity contribution < 1.29 is 14.6 Å². The number of benzene rings is 2. The van der Waals surface area contributed by atoms with Gasteiger partial charge < -0.3 is 15.2 Å². The van der Waals surface area contributed by atoms with Crippen molar-refractivity contribution in [1.29, 1.82) is 0 Å². The zero-order valence-electron chi connectivity index (χ0n) is 15.7. The van der Waals surface area contributed by atoms with Gasteiger partial charge in [0.2, 0.25) is 11.8 Å². The Balaban J connectivity index is 1.71. The molecule has 0 radical (unpaired) electrons. The van der Waals surface area contributed by atoms with Gasteiger partial charge in [0, 0.05) is 30.0 Å². The lowest BCUT2D eigenvalue weighted by Crippen LogP contribution is -2.05. The van der Waals surface area contributed by atoms with E-state index in [4.69, 9.17) is 17.0 Å². The minimum atomic E-state index is -0.142. The minimum absolute atomic E-state index is 0.0597. The molecule has 2 aromatic carbocycles. The van der Waals surface area contributed by atoms with Crippen LogP contribution >= 0.6 is 23.6 Å². The third kappa shape index (κ3) is 3.72. The van der Waals surface area contributed by atoms with Crippen LogP contribution in [0.25, 0.3) is 17.3 Å². The van der Waals surface area contributed by atoms with Gasteiger partial charge in [0.25, 0.3) is 0 Å². The fourth-order valence-electron chi connectivity index (χ4n) is 3.05. The van der Waals surface area contributed by atoms with E-state index in [2.05, 4.69) is 10.3 Å². The summed E-state index contributed by atoms with van der Waals surface area (Å²) in [5.41, 5.74) is 4.06. The minimum Gasteiger partial charge on any atom is -0.497 e. The predicted octanol–water partition coefficient (Wildman–Crippen LogP) is 5.20. The quantitative estimate of drug-likeness (QED) is 0.566. The van der Waals surface area contributed by atoms with Gasteiger partial charge in [-0.05, 0) is 60.8 Å². The molecule has 0 spiro atoms. The maximum Gasteiger partial charge on any atom is 0.221 e. The molecular weight excluding hydrogens is 406 g/mol. The molecule has 2 heterocycles. The number of aromatic nitrogens is 1. The van der Waals surface area contributed by atoms with E-state index in [1.807, 2.05) is 24.3 Å². The van der Waals surface area contributed by atoms with Crippen LogP contribution in [0.5, 0.6) is 11.6 Å². The van der Waals surface area contributed by atoms with E-state index >= 15 is 0 Å². The molecule has 1 amide bonds. The van der Waals surface area contributed by atoms with Crippen molar-refractivity contribution in [2.75, 3.05) is 12.4 Å². The molecule has 0 unspecified atom stereocenters. The Bertz CT molecular complexity index is 1220. The molecule has 0 bridgehead atoms. The molecule has 8 heteroatoms.